The first-order chi connectivity index (χ1) is 15.0. The Morgan fingerprint density at radius 3 is 2.26 bits per heavy atom. The Bertz CT molecular complexity index is 911. The lowest BCUT2D eigenvalue weighted by atomic mass is 10.0. The molecule has 2 aliphatic heterocycles. The van der Waals surface area contributed by atoms with E-state index >= 15 is 0 Å². The summed E-state index contributed by atoms with van der Waals surface area (Å²) < 4.78 is 18.3. The molecule has 0 aliphatic carbocycles. The SMILES string of the molecule is COc1ccc(CC(=O)N2CCN(C(=O)C3CC(c4ccc(F)cc4)NN3)CC2)cc1. The molecule has 2 atom stereocenters. The number of hydrogen-bond donors (Lipinski definition) is 2. The van der Waals surface area contributed by atoms with Gasteiger partial charge in [-0.05, 0) is 41.8 Å². The van der Waals surface area contributed by atoms with Crippen LogP contribution in [-0.2, 0) is 16.0 Å². The average molecular weight is 426 g/mol. The maximum Gasteiger partial charge on any atom is 0.241 e. The van der Waals surface area contributed by atoms with E-state index in [-0.39, 0.29) is 29.7 Å². The first kappa shape index (κ1) is 21.3. The van der Waals surface area contributed by atoms with Gasteiger partial charge in [-0.15, -0.1) is 0 Å². The molecule has 2 heterocycles. The summed E-state index contributed by atoms with van der Waals surface area (Å²) in [5, 5.41) is 0. The standard InChI is InChI=1S/C23H27FN4O3/c1-31-19-8-2-16(3-9-19)14-22(29)27-10-12-28(13-11-27)23(30)21-15-20(25-26-21)17-4-6-18(24)7-5-17/h2-9,20-21,25-26H,10-15H2,1H3. The molecule has 2 aromatic rings. The number of carbonyl (C=O) groups excluding carboxylic acids is 2. The molecule has 0 spiro atoms. The molecule has 0 radical (unpaired) electrons. The minimum absolute atomic E-state index is 0.0272. The molecule has 164 valence electrons. The van der Waals surface area contributed by atoms with Gasteiger partial charge in [0.05, 0.1) is 13.5 Å². The summed E-state index contributed by atoms with van der Waals surface area (Å²) in [6.07, 6.45) is 0.937. The zero-order valence-corrected chi connectivity index (χ0v) is 17.5. The molecule has 2 fully saturated rings. The summed E-state index contributed by atoms with van der Waals surface area (Å²) in [5.41, 5.74) is 8.08. The number of halogens is 1. The molecule has 2 unspecified atom stereocenters. The van der Waals surface area contributed by atoms with Crippen LogP contribution in [0.25, 0.3) is 0 Å². The van der Waals surface area contributed by atoms with E-state index in [4.69, 9.17) is 4.74 Å². The molecule has 7 nitrogen and oxygen atoms in total. The highest BCUT2D eigenvalue weighted by atomic mass is 19.1. The Morgan fingerprint density at radius 2 is 1.61 bits per heavy atom. The minimum Gasteiger partial charge on any atom is -0.497 e. The van der Waals surface area contributed by atoms with Crippen molar-refractivity contribution in [3.05, 3.63) is 65.5 Å². The highest BCUT2D eigenvalue weighted by Gasteiger charge is 2.34. The zero-order valence-electron chi connectivity index (χ0n) is 17.5. The number of amides is 2. The number of hydrogen-bond acceptors (Lipinski definition) is 5. The summed E-state index contributed by atoms with van der Waals surface area (Å²) in [6, 6.07) is 13.4. The summed E-state index contributed by atoms with van der Waals surface area (Å²) in [7, 11) is 1.61. The fraction of sp³-hybridized carbons (Fsp3) is 0.391. The molecule has 2 amide bonds. The molecule has 0 aromatic heterocycles. The molecular weight excluding hydrogens is 399 g/mol. The van der Waals surface area contributed by atoms with Gasteiger partial charge in [0, 0.05) is 32.2 Å². The summed E-state index contributed by atoms with van der Waals surface area (Å²) in [4.78, 5) is 29.2. The number of nitrogens with one attached hydrogen (secondary N) is 2. The number of carbonyl (C=O) groups is 2. The van der Waals surface area contributed by atoms with Crippen LogP contribution in [0.5, 0.6) is 5.75 Å². The van der Waals surface area contributed by atoms with Gasteiger partial charge in [0.25, 0.3) is 0 Å². The molecule has 2 N–H and O–H groups in total. The first-order valence-electron chi connectivity index (χ1n) is 10.5. The van der Waals surface area contributed by atoms with Crippen LogP contribution in [0.4, 0.5) is 4.39 Å². The van der Waals surface area contributed by atoms with Crippen molar-refractivity contribution in [1.82, 2.24) is 20.7 Å². The molecule has 2 aromatic carbocycles. The Morgan fingerprint density at radius 1 is 0.968 bits per heavy atom. The van der Waals surface area contributed by atoms with Crippen molar-refractivity contribution in [3.8, 4) is 5.75 Å². The predicted octanol–water partition coefficient (Wildman–Crippen LogP) is 1.66. The number of hydrazine groups is 1. The Balaban J connectivity index is 1.25. The van der Waals surface area contributed by atoms with Gasteiger partial charge in [-0.2, -0.15) is 0 Å². The first-order valence-corrected chi connectivity index (χ1v) is 10.5. The molecule has 2 aliphatic rings. The van der Waals surface area contributed by atoms with Gasteiger partial charge in [-0.3, -0.25) is 9.59 Å². The van der Waals surface area contributed by atoms with Crippen molar-refractivity contribution >= 4 is 11.8 Å². The topological polar surface area (TPSA) is 73.9 Å². The van der Waals surface area contributed by atoms with Crippen LogP contribution in [0.3, 0.4) is 0 Å². The second-order valence-corrected chi connectivity index (χ2v) is 7.91. The van der Waals surface area contributed by atoms with Crippen LogP contribution in [0.1, 0.15) is 23.6 Å². The lowest BCUT2D eigenvalue weighted by molar-refractivity contribution is -0.140. The maximum atomic E-state index is 13.1. The molecular formula is C23H27FN4O3. The van der Waals surface area contributed by atoms with Gasteiger partial charge in [-0.25, -0.2) is 15.2 Å². The Kier molecular flexibility index (Phi) is 6.48. The Labute approximate surface area is 181 Å². The second-order valence-electron chi connectivity index (χ2n) is 7.91. The predicted molar refractivity (Wildman–Crippen MR) is 114 cm³/mol. The van der Waals surface area contributed by atoms with Crippen molar-refractivity contribution in [2.75, 3.05) is 33.3 Å². The number of nitrogens with zero attached hydrogens (tertiary/aromatic N) is 2. The van der Waals surface area contributed by atoms with Crippen molar-refractivity contribution < 1.29 is 18.7 Å². The van der Waals surface area contributed by atoms with Crippen molar-refractivity contribution in [2.24, 2.45) is 0 Å². The highest BCUT2D eigenvalue weighted by molar-refractivity contribution is 5.83. The minimum atomic E-state index is -0.336. The van der Waals surface area contributed by atoms with Gasteiger partial charge >= 0.3 is 0 Å². The normalized spacial score (nSPS) is 21.2. The van der Waals surface area contributed by atoms with Crippen molar-refractivity contribution in [2.45, 2.75) is 24.9 Å². The summed E-state index contributed by atoms with van der Waals surface area (Å²) in [5.74, 6) is 0.579. The van der Waals surface area contributed by atoms with E-state index in [2.05, 4.69) is 10.9 Å². The van der Waals surface area contributed by atoms with Crippen LogP contribution in [0.15, 0.2) is 48.5 Å². The monoisotopic (exact) mass is 426 g/mol. The van der Waals surface area contributed by atoms with Gasteiger partial charge in [0.1, 0.15) is 17.6 Å². The number of piperazine rings is 1. The largest absolute Gasteiger partial charge is 0.497 e. The van der Waals surface area contributed by atoms with Crippen LogP contribution in [0, 0.1) is 5.82 Å². The van der Waals surface area contributed by atoms with Crippen molar-refractivity contribution in [3.63, 3.8) is 0 Å². The van der Waals surface area contributed by atoms with Gasteiger partial charge in [-0.1, -0.05) is 24.3 Å². The number of methoxy groups -OCH3 is 1. The van der Waals surface area contributed by atoms with Gasteiger partial charge in [0.15, 0.2) is 0 Å². The zero-order chi connectivity index (χ0) is 21.8. The second kappa shape index (κ2) is 9.45. The summed E-state index contributed by atoms with van der Waals surface area (Å²) >= 11 is 0. The van der Waals surface area contributed by atoms with Crippen LogP contribution in [-0.4, -0.2) is 60.9 Å². The molecule has 2 saturated heterocycles. The van der Waals surface area contributed by atoms with Gasteiger partial charge < -0.3 is 14.5 Å². The van der Waals surface area contributed by atoms with E-state index < -0.39 is 0 Å². The van der Waals surface area contributed by atoms with Gasteiger partial charge in [0.2, 0.25) is 11.8 Å². The highest BCUT2D eigenvalue weighted by Crippen LogP contribution is 2.23. The van der Waals surface area contributed by atoms with Crippen LogP contribution in [0.2, 0.25) is 0 Å². The van der Waals surface area contributed by atoms with E-state index in [9.17, 15) is 14.0 Å². The van der Waals surface area contributed by atoms with E-state index in [1.165, 1.54) is 12.1 Å². The van der Waals surface area contributed by atoms with E-state index in [1.54, 1.807) is 19.2 Å². The average Bonchev–Trinajstić information content (AvgIpc) is 3.30. The van der Waals surface area contributed by atoms with E-state index in [0.29, 0.717) is 39.0 Å². The van der Waals surface area contributed by atoms with Crippen LogP contribution >= 0.6 is 0 Å². The third-order valence-corrected chi connectivity index (χ3v) is 5.93. The summed E-state index contributed by atoms with van der Waals surface area (Å²) in [6.45, 7) is 2.10. The fourth-order valence-electron chi connectivity index (χ4n) is 4.06. The number of ether oxygens (including phenoxy) is 1. The number of benzene rings is 2. The van der Waals surface area contributed by atoms with Crippen LogP contribution < -0.4 is 15.6 Å². The molecule has 4 rings (SSSR count). The molecule has 0 saturated carbocycles. The molecule has 0 bridgehead atoms. The third-order valence-electron chi connectivity index (χ3n) is 5.93. The lowest BCUT2D eigenvalue weighted by Gasteiger charge is -2.36. The quantitative estimate of drug-likeness (QED) is 0.761. The van der Waals surface area contributed by atoms with E-state index in [1.807, 2.05) is 34.1 Å². The fourth-order valence-corrected chi connectivity index (χ4v) is 4.06. The molecule has 31 heavy (non-hydrogen) atoms. The Hall–Kier alpha value is -2.97. The van der Waals surface area contributed by atoms with E-state index in [0.717, 1.165) is 16.9 Å². The lowest BCUT2D eigenvalue weighted by Crippen LogP contribution is -2.54. The maximum absolute atomic E-state index is 13.1. The smallest absolute Gasteiger partial charge is 0.241 e. The van der Waals surface area contributed by atoms with Crippen molar-refractivity contribution in [1.29, 1.82) is 0 Å². The molecule has 8 heteroatoms. The number of rotatable bonds is 5. The third kappa shape index (κ3) is 5.03.